The Morgan fingerprint density at radius 1 is 1.23 bits per heavy atom. The van der Waals surface area contributed by atoms with Crippen LogP contribution in [0.3, 0.4) is 0 Å². The minimum absolute atomic E-state index is 0.0725. The van der Waals surface area contributed by atoms with Crippen LogP contribution in [-0.2, 0) is 24.4 Å². The highest BCUT2D eigenvalue weighted by molar-refractivity contribution is 7.18. The lowest BCUT2D eigenvalue weighted by molar-refractivity contribution is -0.121. The molecule has 0 aliphatic heterocycles. The third kappa shape index (κ3) is 4.96. The Hall–Kier alpha value is -2.51. The number of carbonyl (C=O) groups is 1. The van der Waals surface area contributed by atoms with Crippen LogP contribution in [0.25, 0.3) is 10.2 Å². The SMILES string of the molecule is Cc1sc2ncn(CCC(=O)NCc3ccccc3CN(C)C(C)C)c(=O)c2c1C. The Balaban J connectivity index is 1.61. The molecule has 6 nitrogen and oxygen atoms in total. The first-order chi connectivity index (χ1) is 14.3. The van der Waals surface area contributed by atoms with Gasteiger partial charge in [-0.15, -0.1) is 11.3 Å². The average molecular weight is 427 g/mol. The number of benzene rings is 1. The molecule has 3 rings (SSSR count). The first-order valence-electron chi connectivity index (χ1n) is 10.3. The maximum Gasteiger partial charge on any atom is 0.262 e. The lowest BCUT2D eigenvalue weighted by Crippen LogP contribution is -2.29. The molecule has 1 N–H and O–H groups in total. The zero-order valence-corrected chi connectivity index (χ0v) is 19.2. The van der Waals surface area contributed by atoms with E-state index in [4.69, 9.17) is 0 Å². The van der Waals surface area contributed by atoms with Gasteiger partial charge in [-0.25, -0.2) is 4.98 Å². The summed E-state index contributed by atoms with van der Waals surface area (Å²) in [6, 6.07) is 8.62. The zero-order chi connectivity index (χ0) is 21.8. The van der Waals surface area contributed by atoms with Crippen LogP contribution in [0.2, 0.25) is 0 Å². The van der Waals surface area contributed by atoms with Gasteiger partial charge in [0.05, 0.1) is 11.7 Å². The molecule has 0 aliphatic rings. The fourth-order valence-corrected chi connectivity index (χ4v) is 4.26. The van der Waals surface area contributed by atoms with Gasteiger partial charge in [-0.3, -0.25) is 19.1 Å². The molecule has 0 saturated heterocycles. The van der Waals surface area contributed by atoms with E-state index in [0.29, 0.717) is 24.5 Å². The van der Waals surface area contributed by atoms with Crippen LogP contribution in [0.4, 0.5) is 0 Å². The first-order valence-corrected chi connectivity index (χ1v) is 11.1. The van der Waals surface area contributed by atoms with Crippen LogP contribution in [0, 0.1) is 13.8 Å². The van der Waals surface area contributed by atoms with Gasteiger partial charge in [-0.05, 0) is 51.4 Å². The van der Waals surface area contributed by atoms with Gasteiger partial charge in [-0.2, -0.15) is 0 Å². The molecule has 30 heavy (non-hydrogen) atoms. The molecule has 0 saturated carbocycles. The van der Waals surface area contributed by atoms with Gasteiger partial charge in [0, 0.05) is 37.0 Å². The van der Waals surface area contributed by atoms with Crippen molar-refractivity contribution in [3.05, 3.63) is 62.5 Å². The molecule has 0 bridgehead atoms. The number of rotatable bonds is 8. The third-order valence-electron chi connectivity index (χ3n) is 5.63. The molecule has 0 radical (unpaired) electrons. The van der Waals surface area contributed by atoms with E-state index in [1.54, 1.807) is 6.33 Å². The van der Waals surface area contributed by atoms with Crippen LogP contribution in [0.5, 0.6) is 0 Å². The number of aromatic nitrogens is 2. The topological polar surface area (TPSA) is 67.2 Å². The van der Waals surface area contributed by atoms with Gasteiger partial charge in [0.2, 0.25) is 5.91 Å². The minimum Gasteiger partial charge on any atom is -0.352 e. The van der Waals surface area contributed by atoms with Crippen molar-refractivity contribution in [2.24, 2.45) is 0 Å². The van der Waals surface area contributed by atoms with Crippen LogP contribution in [0.15, 0.2) is 35.4 Å². The zero-order valence-electron chi connectivity index (χ0n) is 18.4. The van der Waals surface area contributed by atoms with Crippen LogP contribution in [-0.4, -0.2) is 33.4 Å². The first kappa shape index (κ1) is 22.2. The molecule has 0 spiro atoms. The Morgan fingerprint density at radius 3 is 2.63 bits per heavy atom. The number of aryl methyl sites for hydroxylation is 3. The highest BCUT2D eigenvalue weighted by atomic mass is 32.1. The second-order valence-corrected chi connectivity index (χ2v) is 9.21. The van der Waals surface area contributed by atoms with Crippen molar-refractivity contribution in [1.29, 1.82) is 0 Å². The number of nitrogens with zero attached hydrogens (tertiary/aromatic N) is 3. The molecule has 0 unspecified atom stereocenters. The molecule has 1 amide bonds. The number of amides is 1. The number of carbonyl (C=O) groups excluding carboxylic acids is 1. The smallest absolute Gasteiger partial charge is 0.262 e. The number of hydrogen-bond acceptors (Lipinski definition) is 5. The molecule has 2 heterocycles. The van der Waals surface area contributed by atoms with Crippen molar-refractivity contribution >= 4 is 27.5 Å². The Kier molecular flexibility index (Phi) is 7.05. The summed E-state index contributed by atoms with van der Waals surface area (Å²) in [6.45, 7) is 9.91. The summed E-state index contributed by atoms with van der Waals surface area (Å²) in [4.78, 5) is 33.7. The maximum absolute atomic E-state index is 12.8. The second-order valence-electron chi connectivity index (χ2n) is 8.01. The van der Waals surface area contributed by atoms with Gasteiger partial charge in [0.25, 0.3) is 5.56 Å². The van der Waals surface area contributed by atoms with E-state index in [2.05, 4.69) is 42.2 Å². The molecular formula is C23H30N4O2S. The van der Waals surface area contributed by atoms with E-state index in [-0.39, 0.29) is 17.9 Å². The largest absolute Gasteiger partial charge is 0.352 e. The van der Waals surface area contributed by atoms with E-state index in [1.807, 2.05) is 32.0 Å². The molecule has 0 fully saturated rings. The lowest BCUT2D eigenvalue weighted by atomic mass is 10.1. The molecule has 7 heteroatoms. The second kappa shape index (κ2) is 9.53. The quantitative estimate of drug-likeness (QED) is 0.597. The number of fused-ring (bicyclic) bond motifs is 1. The predicted octanol–water partition coefficient (Wildman–Crippen LogP) is 3.62. The van der Waals surface area contributed by atoms with Gasteiger partial charge < -0.3 is 5.32 Å². The lowest BCUT2D eigenvalue weighted by Gasteiger charge is -2.22. The van der Waals surface area contributed by atoms with E-state index in [9.17, 15) is 9.59 Å². The van der Waals surface area contributed by atoms with Crippen LogP contribution >= 0.6 is 11.3 Å². The Bertz CT molecular complexity index is 1100. The summed E-state index contributed by atoms with van der Waals surface area (Å²) in [6.07, 6.45) is 1.79. The maximum atomic E-state index is 12.8. The Labute approximate surface area is 181 Å². The number of nitrogens with one attached hydrogen (secondary N) is 1. The van der Waals surface area contributed by atoms with E-state index in [0.717, 1.165) is 27.4 Å². The predicted molar refractivity (Wildman–Crippen MR) is 123 cm³/mol. The van der Waals surface area contributed by atoms with E-state index >= 15 is 0 Å². The normalized spacial score (nSPS) is 11.6. The van der Waals surface area contributed by atoms with Crippen molar-refractivity contribution in [1.82, 2.24) is 19.8 Å². The monoisotopic (exact) mass is 426 g/mol. The van der Waals surface area contributed by atoms with Crippen LogP contribution < -0.4 is 10.9 Å². The molecule has 0 atom stereocenters. The highest BCUT2D eigenvalue weighted by Gasteiger charge is 2.13. The van der Waals surface area contributed by atoms with Crippen molar-refractivity contribution in [3.63, 3.8) is 0 Å². The molecule has 0 aliphatic carbocycles. The summed E-state index contributed by atoms with van der Waals surface area (Å²) in [5.74, 6) is -0.0766. The van der Waals surface area contributed by atoms with Gasteiger partial charge in [-0.1, -0.05) is 24.3 Å². The number of hydrogen-bond donors (Lipinski definition) is 1. The summed E-state index contributed by atoms with van der Waals surface area (Å²) in [5.41, 5.74) is 3.23. The standard InChI is InChI=1S/C23H30N4O2S/c1-15(2)26(5)13-19-9-7-6-8-18(19)12-24-20(28)10-11-27-14-25-22-21(23(27)29)16(3)17(4)30-22/h6-9,14-15H,10-13H2,1-5H3,(H,24,28). The van der Waals surface area contributed by atoms with Crippen LogP contribution in [0.1, 0.15) is 41.8 Å². The minimum atomic E-state index is -0.0766. The molecule has 3 aromatic rings. The van der Waals surface area contributed by atoms with Gasteiger partial charge >= 0.3 is 0 Å². The summed E-state index contributed by atoms with van der Waals surface area (Å²) in [7, 11) is 2.10. The fraction of sp³-hybridized carbons (Fsp3) is 0.435. The van der Waals surface area contributed by atoms with Crippen molar-refractivity contribution in [2.45, 2.75) is 59.8 Å². The summed E-state index contributed by atoms with van der Waals surface area (Å²) < 4.78 is 1.53. The molecule has 2 aromatic heterocycles. The number of thiophene rings is 1. The van der Waals surface area contributed by atoms with E-state index < -0.39 is 0 Å². The molecule has 1 aromatic carbocycles. The van der Waals surface area contributed by atoms with Gasteiger partial charge in [0.1, 0.15) is 4.83 Å². The molecule has 160 valence electrons. The molecular weight excluding hydrogens is 396 g/mol. The van der Waals surface area contributed by atoms with Crippen molar-refractivity contribution < 1.29 is 4.79 Å². The van der Waals surface area contributed by atoms with Crippen molar-refractivity contribution in [3.8, 4) is 0 Å². The fourth-order valence-electron chi connectivity index (χ4n) is 3.27. The van der Waals surface area contributed by atoms with Gasteiger partial charge in [0.15, 0.2) is 0 Å². The summed E-state index contributed by atoms with van der Waals surface area (Å²) >= 11 is 1.53. The van der Waals surface area contributed by atoms with E-state index in [1.165, 1.54) is 21.5 Å². The third-order valence-corrected chi connectivity index (χ3v) is 6.75. The highest BCUT2D eigenvalue weighted by Crippen LogP contribution is 2.25. The summed E-state index contributed by atoms with van der Waals surface area (Å²) in [5, 5.41) is 3.66. The Morgan fingerprint density at radius 2 is 1.93 bits per heavy atom. The van der Waals surface area contributed by atoms with Crippen molar-refractivity contribution in [2.75, 3.05) is 7.05 Å². The average Bonchev–Trinajstić information content (AvgIpc) is 3.01.